The zero-order chi connectivity index (χ0) is 22.5. The summed E-state index contributed by atoms with van der Waals surface area (Å²) in [6, 6.07) is 21.7. The van der Waals surface area contributed by atoms with E-state index in [2.05, 4.69) is 10.2 Å². The molecule has 0 aromatic heterocycles. The van der Waals surface area contributed by atoms with Crippen LogP contribution < -0.4 is 15.0 Å². The number of carbonyl (C=O) groups excluding carboxylic acids is 2. The lowest BCUT2D eigenvalue weighted by Crippen LogP contribution is -2.48. The fraction of sp³-hybridized carbons (Fsp3) is 0.200. The second kappa shape index (κ2) is 9.75. The fourth-order valence-electron chi connectivity index (χ4n) is 3.64. The summed E-state index contributed by atoms with van der Waals surface area (Å²) >= 11 is 5.87. The molecule has 1 heterocycles. The molecule has 7 heteroatoms. The quantitative estimate of drug-likeness (QED) is 0.620. The van der Waals surface area contributed by atoms with Crippen LogP contribution in [-0.4, -0.2) is 50.0 Å². The smallest absolute Gasteiger partial charge is 0.255 e. The van der Waals surface area contributed by atoms with Gasteiger partial charge in [0.1, 0.15) is 5.75 Å². The van der Waals surface area contributed by atoms with Crippen LogP contribution in [0.25, 0.3) is 0 Å². The third-order valence-corrected chi connectivity index (χ3v) is 5.75. The van der Waals surface area contributed by atoms with Crippen LogP contribution in [0.3, 0.4) is 0 Å². The second-order valence-electron chi connectivity index (χ2n) is 7.52. The Morgan fingerprint density at radius 1 is 0.812 bits per heavy atom. The molecule has 4 rings (SSSR count). The lowest BCUT2D eigenvalue weighted by Gasteiger charge is -2.36. The van der Waals surface area contributed by atoms with Crippen LogP contribution in [0.15, 0.2) is 72.8 Å². The van der Waals surface area contributed by atoms with Gasteiger partial charge in [-0.2, -0.15) is 0 Å². The van der Waals surface area contributed by atoms with E-state index in [1.54, 1.807) is 55.6 Å². The van der Waals surface area contributed by atoms with E-state index < -0.39 is 0 Å². The van der Waals surface area contributed by atoms with E-state index in [4.69, 9.17) is 16.3 Å². The van der Waals surface area contributed by atoms with Gasteiger partial charge in [0.2, 0.25) is 0 Å². The van der Waals surface area contributed by atoms with Crippen molar-refractivity contribution >= 4 is 34.8 Å². The van der Waals surface area contributed by atoms with E-state index in [9.17, 15) is 9.59 Å². The van der Waals surface area contributed by atoms with Crippen LogP contribution in [0, 0.1) is 0 Å². The topological polar surface area (TPSA) is 61.9 Å². The number of amides is 2. The molecule has 1 saturated heterocycles. The summed E-state index contributed by atoms with van der Waals surface area (Å²) in [6.07, 6.45) is 0. The largest absolute Gasteiger partial charge is 0.497 e. The molecule has 0 spiro atoms. The zero-order valence-electron chi connectivity index (χ0n) is 17.8. The highest BCUT2D eigenvalue weighted by Crippen LogP contribution is 2.21. The van der Waals surface area contributed by atoms with Crippen LogP contribution in [0.5, 0.6) is 5.75 Å². The molecular weight excluding hydrogens is 426 g/mol. The maximum absolute atomic E-state index is 12.7. The van der Waals surface area contributed by atoms with Gasteiger partial charge >= 0.3 is 0 Å². The first-order valence-electron chi connectivity index (χ1n) is 10.4. The molecule has 32 heavy (non-hydrogen) atoms. The zero-order valence-corrected chi connectivity index (χ0v) is 18.5. The number of methoxy groups -OCH3 is 1. The summed E-state index contributed by atoms with van der Waals surface area (Å²) in [5.41, 5.74) is 3.00. The van der Waals surface area contributed by atoms with Gasteiger partial charge in [-0.3, -0.25) is 9.59 Å². The minimum Gasteiger partial charge on any atom is -0.497 e. The molecule has 0 bridgehead atoms. The first kappa shape index (κ1) is 21.7. The molecule has 0 radical (unpaired) electrons. The molecule has 2 amide bonds. The number of rotatable bonds is 5. The standard InChI is InChI=1S/C25H24ClN3O3/c1-32-23-12-4-19(5-13-23)25(31)29-16-14-28(15-17-29)22-10-8-21(9-11-22)27-24(30)18-2-6-20(26)7-3-18/h2-13H,14-17H2,1H3,(H,27,30). The van der Waals surface area contributed by atoms with E-state index in [1.165, 1.54) is 0 Å². The number of carbonyl (C=O) groups is 2. The first-order chi connectivity index (χ1) is 15.5. The monoisotopic (exact) mass is 449 g/mol. The Morgan fingerprint density at radius 3 is 2.00 bits per heavy atom. The lowest BCUT2D eigenvalue weighted by molar-refractivity contribution is 0.0746. The highest BCUT2D eigenvalue weighted by atomic mass is 35.5. The Bertz CT molecular complexity index is 1070. The fourth-order valence-corrected chi connectivity index (χ4v) is 3.77. The number of benzene rings is 3. The number of piperazine rings is 1. The number of nitrogens with zero attached hydrogens (tertiary/aromatic N) is 2. The van der Waals surface area contributed by atoms with Gasteiger partial charge in [-0.1, -0.05) is 11.6 Å². The molecule has 0 aliphatic carbocycles. The van der Waals surface area contributed by atoms with Crippen LogP contribution in [0.4, 0.5) is 11.4 Å². The van der Waals surface area contributed by atoms with Crippen LogP contribution in [0.2, 0.25) is 5.02 Å². The van der Waals surface area contributed by atoms with Crippen molar-refractivity contribution < 1.29 is 14.3 Å². The molecule has 1 aliphatic rings. The Balaban J connectivity index is 1.32. The molecule has 1 fully saturated rings. The van der Waals surface area contributed by atoms with Crippen molar-refractivity contribution in [3.05, 3.63) is 88.9 Å². The van der Waals surface area contributed by atoms with E-state index in [1.807, 2.05) is 29.2 Å². The van der Waals surface area contributed by atoms with Gasteiger partial charge in [-0.25, -0.2) is 0 Å². The molecule has 1 aliphatic heterocycles. The maximum atomic E-state index is 12.7. The van der Waals surface area contributed by atoms with Gasteiger partial charge in [-0.15, -0.1) is 0 Å². The average Bonchev–Trinajstić information content (AvgIpc) is 2.84. The van der Waals surface area contributed by atoms with E-state index in [0.29, 0.717) is 29.2 Å². The summed E-state index contributed by atoms with van der Waals surface area (Å²) in [5.74, 6) is 0.590. The summed E-state index contributed by atoms with van der Waals surface area (Å²) in [7, 11) is 1.61. The predicted molar refractivity (Wildman–Crippen MR) is 127 cm³/mol. The Morgan fingerprint density at radius 2 is 1.41 bits per heavy atom. The minimum absolute atomic E-state index is 0.0348. The van der Waals surface area contributed by atoms with Crippen LogP contribution in [-0.2, 0) is 0 Å². The van der Waals surface area contributed by atoms with Crippen molar-refractivity contribution in [2.24, 2.45) is 0 Å². The van der Waals surface area contributed by atoms with Crippen molar-refractivity contribution in [1.82, 2.24) is 4.90 Å². The normalized spacial score (nSPS) is 13.6. The van der Waals surface area contributed by atoms with Crippen LogP contribution in [0.1, 0.15) is 20.7 Å². The molecule has 0 unspecified atom stereocenters. The highest BCUT2D eigenvalue weighted by Gasteiger charge is 2.22. The number of ether oxygens (including phenoxy) is 1. The summed E-state index contributed by atoms with van der Waals surface area (Å²) in [4.78, 5) is 29.2. The average molecular weight is 450 g/mol. The number of nitrogens with one attached hydrogen (secondary N) is 1. The molecule has 0 saturated carbocycles. The first-order valence-corrected chi connectivity index (χ1v) is 10.8. The van der Waals surface area contributed by atoms with Crippen molar-refractivity contribution in [1.29, 1.82) is 0 Å². The summed E-state index contributed by atoms with van der Waals surface area (Å²) < 4.78 is 5.15. The van der Waals surface area contributed by atoms with Crippen molar-refractivity contribution in [2.45, 2.75) is 0 Å². The van der Waals surface area contributed by atoms with Gasteiger partial charge in [0.25, 0.3) is 11.8 Å². The molecule has 3 aromatic rings. The Kier molecular flexibility index (Phi) is 6.61. The highest BCUT2D eigenvalue weighted by molar-refractivity contribution is 6.30. The molecule has 3 aromatic carbocycles. The van der Waals surface area contributed by atoms with Crippen molar-refractivity contribution in [3.8, 4) is 5.75 Å². The van der Waals surface area contributed by atoms with Gasteiger partial charge in [0.05, 0.1) is 7.11 Å². The van der Waals surface area contributed by atoms with Gasteiger partial charge in [0, 0.05) is 53.7 Å². The van der Waals surface area contributed by atoms with E-state index in [0.717, 1.165) is 30.2 Å². The number of anilines is 2. The SMILES string of the molecule is COc1ccc(C(=O)N2CCN(c3ccc(NC(=O)c4ccc(Cl)cc4)cc3)CC2)cc1. The molecule has 0 atom stereocenters. The van der Waals surface area contributed by atoms with Crippen LogP contribution >= 0.6 is 11.6 Å². The molecule has 6 nitrogen and oxygen atoms in total. The van der Waals surface area contributed by atoms with Gasteiger partial charge in [-0.05, 0) is 72.8 Å². The van der Waals surface area contributed by atoms with E-state index in [-0.39, 0.29) is 11.8 Å². The molecule has 164 valence electrons. The van der Waals surface area contributed by atoms with Crippen molar-refractivity contribution in [3.63, 3.8) is 0 Å². The summed E-state index contributed by atoms with van der Waals surface area (Å²) in [6.45, 7) is 2.80. The number of halogens is 1. The lowest BCUT2D eigenvalue weighted by atomic mass is 10.1. The maximum Gasteiger partial charge on any atom is 0.255 e. The van der Waals surface area contributed by atoms with Crippen molar-refractivity contribution in [2.75, 3.05) is 43.5 Å². The third-order valence-electron chi connectivity index (χ3n) is 5.50. The number of hydrogen-bond acceptors (Lipinski definition) is 4. The van der Waals surface area contributed by atoms with Gasteiger partial charge in [0.15, 0.2) is 0 Å². The molecular formula is C25H24ClN3O3. The summed E-state index contributed by atoms with van der Waals surface area (Å²) in [5, 5.41) is 3.49. The minimum atomic E-state index is -0.180. The molecule has 1 N–H and O–H groups in total. The van der Waals surface area contributed by atoms with Gasteiger partial charge < -0.3 is 19.9 Å². The van der Waals surface area contributed by atoms with E-state index >= 15 is 0 Å². The Labute approximate surface area is 192 Å². The second-order valence-corrected chi connectivity index (χ2v) is 7.95. The Hall–Kier alpha value is -3.51. The predicted octanol–water partition coefficient (Wildman–Crippen LogP) is 4.56. The third kappa shape index (κ3) is 5.03. The number of hydrogen-bond donors (Lipinski definition) is 1.